The molecule has 190 valence electrons. The standard InChI is InChI=1S/C31H33N3O2S/c35-30(32-17-20-33-18-15-26(16-19-33)21-24-9-3-1-4-10-24)23-34-27-13-7-8-14-28(27)37-29(31(34)36)22-25-11-5-2-6-12-25/h1-14,22,26H,15-21,23H2,(H,32,35). The van der Waals surface area contributed by atoms with Crippen molar-refractivity contribution < 1.29 is 9.59 Å². The third-order valence-corrected chi connectivity index (χ3v) is 8.13. The van der Waals surface area contributed by atoms with Crippen LogP contribution in [-0.4, -0.2) is 49.4 Å². The second kappa shape index (κ2) is 12.3. The number of piperidine rings is 1. The van der Waals surface area contributed by atoms with E-state index < -0.39 is 0 Å². The fraction of sp³-hybridized carbons (Fsp3) is 0.290. The Kier molecular flexibility index (Phi) is 8.39. The number of fused-ring (bicyclic) bond motifs is 1. The topological polar surface area (TPSA) is 52.7 Å². The van der Waals surface area contributed by atoms with Crippen molar-refractivity contribution in [2.45, 2.75) is 24.2 Å². The summed E-state index contributed by atoms with van der Waals surface area (Å²) in [6.45, 7) is 3.57. The number of thioether (sulfide) groups is 1. The Balaban J connectivity index is 1.13. The van der Waals surface area contributed by atoms with E-state index in [1.165, 1.54) is 30.2 Å². The van der Waals surface area contributed by atoms with Crippen LogP contribution in [0.1, 0.15) is 24.0 Å². The predicted molar refractivity (Wildman–Crippen MR) is 151 cm³/mol. The summed E-state index contributed by atoms with van der Waals surface area (Å²) in [6.07, 6.45) is 5.43. The highest BCUT2D eigenvalue weighted by molar-refractivity contribution is 8.04. The van der Waals surface area contributed by atoms with Crippen LogP contribution in [-0.2, 0) is 16.0 Å². The lowest BCUT2D eigenvalue weighted by Gasteiger charge is -2.32. The van der Waals surface area contributed by atoms with E-state index in [1.54, 1.807) is 4.90 Å². The van der Waals surface area contributed by atoms with Crippen LogP contribution in [0, 0.1) is 5.92 Å². The number of carbonyl (C=O) groups excluding carboxylic acids is 2. The number of hydrogen-bond donors (Lipinski definition) is 1. The van der Waals surface area contributed by atoms with Crippen molar-refractivity contribution in [1.82, 2.24) is 10.2 Å². The molecule has 5 rings (SSSR count). The number of anilines is 1. The van der Waals surface area contributed by atoms with Crippen LogP contribution in [0.4, 0.5) is 5.69 Å². The largest absolute Gasteiger partial charge is 0.353 e. The van der Waals surface area contributed by atoms with Gasteiger partial charge in [0.05, 0.1) is 10.6 Å². The fourth-order valence-electron chi connectivity index (χ4n) is 5.03. The smallest absolute Gasteiger partial charge is 0.265 e. The predicted octanol–water partition coefficient (Wildman–Crippen LogP) is 5.24. The fourth-order valence-corrected chi connectivity index (χ4v) is 6.09. The monoisotopic (exact) mass is 511 g/mol. The van der Waals surface area contributed by atoms with Crippen LogP contribution in [0.15, 0.2) is 94.7 Å². The van der Waals surface area contributed by atoms with Gasteiger partial charge < -0.3 is 10.2 Å². The summed E-state index contributed by atoms with van der Waals surface area (Å²) in [5.74, 6) is 0.464. The first kappa shape index (κ1) is 25.3. The van der Waals surface area contributed by atoms with Gasteiger partial charge >= 0.3 is 0 Å². The van der Waals surface area contributed by atoms with Gasteiger partial charge in [-0.1, -0.05) is 84.6 Å². The lowest BCUT2D eigenvalue weighted by molar-refractivity contribution is -0.122. The van der Waals surface area contributed by atoms with Crippen LogP contribution in [0.2, 0.25) is 0 Å². The number of para-hydroxylation sites is 1. The van der Waals surface area contributed by atoms with Gasteiger partial charge in [0.15, 0.2) is 0 Å². The Morgan fingerprint density at radius 1 is 0.919 bits per heavy atom. The average Bonchev–Trinajstić information content (AvgIpc) is 2.93. The quantitative estimate of drug-likeness (QED) is 0.421. The van der Waals surface area contributed by atoms with Gasteiger partial charge in [-0.15, -0.1) is 0 Å². The van der Waals surface area contributed by atoms with Crippen molar-refractivity contribution in [1.29, 1.82) is 0 Å². The molecule has 1 fully saturated rings. The molecule has 1 N–H and O–H groups in total. The Bertz CT molecular complexity index is 1240. The Labute approximate surface area is 223 Å². The normalized spacial score (nSPS) is 17.6. The van der Waals surface area contributed by atoms with Gasteiger partial charge in [0.1, 0.15) is 6.54 Å². The summed E-state index contributed by atoms with van der Waals surface area (Å²) in [6, 6.07) is 28.3. The summed E-state index contributed by atoms with van der Waals surface area (Å²) < 4.78 is 0. The first-order chi connectivity index (χ1) is 18.2. The number of rotatable bonds is 8. The first-order valence-electron chi connectivity index (χ1n) is 13.0. The summed E-state index contributed by atoms with van der Waals surface area (Å²) in [7, 11) is 0. The minimum absolute atomic E-state index is 0.0156. The number of hydrogen-bond acceptors (Lipinski definition) is 4. The van der Waals surface area contributed by atoms with E-state index >= 15 is 0 Å². The molecule has 0 aliphatic carbocycles. The number of carbonyl (C=O) groups is 2. The first-order valence-corrected chi connectivity index (χ1v) is 13.9. The van der Waals surface area contributed by atoms with E-state index in [9.17, 15) is 9.59 Å². The number of likely N-dealkylation sites (tertiary alicyclic amines) is 1. The summed E-state index contributed by atoms with van der Waals surface area (Å²) >= 11 is 1.46. The van der Waals surface area contributed by atoms with Crippen LogP contribution in [0.3, 0.4) is 0 Å². The third kappa shape index (κ3) is 6.70. The summed E-state index contributed by atoms with van der Waals surface area (Å²) in [4.78, 5) is 31.9. The van der Waals surface area contributed by atoms with Crippen LogP contribution >= 0.6 is 11.8 Å². The van der Waals surface area contributed by atoms with Gasteiger partial charge in [-0.3, -0.25) is 14.5 Å². The molecule has 3 aromatic carbocycles. The molecule has 0 bridgehead atoms. The number of nitrogens with one attached hydrogen (secondary N) is 1. The van der Waals surface area contributed by atoms with Gasteiger partial charge in [-0.2, -0.15) is 0 Å². The lowest BCUT2D eigenvalue weighted by Crippen LogP contribution is -2.45. The molecule has 0 saturated carbocycles. The number of benzene rings is 3. The zero-order valence-electron chi connectivity index (χ0n) is 21.0. The lowest BCUT2D eigenvalue weighted by atomic mass is 9.90. The molecule has 0 radical (unpaired) electrons. The summed E-state index contributed by atoms with van der Waals surface area (Å²) in [5.41, 5.74) is 3.18. The second-order valence-corrected chi connectivity index (χ2v) is 10.8. The Morgan fingerprint density at radius 3 is 2.35 bits per heavy atom. The molecule has 0 atom stereocenters. The molecule has 5 nitrogen and oxygen atoms in total. The molecule has 2 amide bonds. The maximum Gasteiger partial charge on any atom is 0.265 e. The Morgan fingerprint density at radius 2 is 1.59 bits per heavy atom. The summed E-state index contributed by atoms with van der Waals surface area (Å²) in [5, 5.41) is 3.04. The molecule has 0 unspecified atom stereocenters. The minimum atomic E-state index is -0.136. The van der Waals surface area contributed by atoms with Crippen molar-refractivity contribution in [2.75, 3.05) is 37.6 Å². The molecule has 2 aliphatic heterocycles. The molecule has 37 heavy (non-hydrogen) atoms. The van der Waals surface area contributed by atoms with E-state index in [1.807, 2.05) is 60.7 Å². The van der Waals surface area contributed by atoms with Gasteiger partial charge in [0.2, 0.25) is 5.91 Å². The van der Waals surface area contributed by atoms with Crippen molar-refractivity contribution in [2.24, 2.45) is 5.92 Å². The van der Waals surface area contributed by atoms with E-state index in [-0.39, 0.29) is 18.4 Å². The third-order valence-electron chi connectivity index (χ3n) is 7.06. The zero-order valence-corrected chi connectivity index (χ0v) is 21.8. The van der Waals surface area contributed by atoms with E-state index in [2.05, 4.69) is 40.5 Å². The van der Waals surface area contributed by atoms with Gasteiger partial charge in [0.25, 0.3) is 5.91 Å². The molecule has 2 heterocycles. The van der Waals surface area contributed by atoms with Crippen LogP contribution in [0.25, 0.3) is 6.08 Å². The zero-order chi connectivity index (χ0) is 25.5. The van der Waals surface area contributed by atoms with E-state index in [0.29, 0.717) is 11.4 Å². The molecular formula is C31H33N3O2S. The minimum Gasteiger partial charge on any atom is -0.353 e. The number of nitrogens with zero attached hydrogens (tertiary/aromatic N) is 2. The highest BCUT2D eigenvalue weighted by Gasteiger charge is 2.30. The highest BCUT2D eigenvalue weighted by Crippen LogP contribution is 2.41. The van der Waals surface area contributed by atoms with Crippen LogP contribution in [0.5, 0.6) is 0 Å². The average molecular weight is 512 g/mol. The van der Waals surface area contributed by atoms with E-state index in [0.717, 1.165) is 48.1 Å². The molecule has 2 aliphatic rings. The maximum atomic E-state index is 13.4. The molecule has 3 aromatic rings. The maximum absolute atomic E-state index is 13.4. The number of amides is 2. The SMILES string of the molecule is O=C(CN1C(=O)C(=Cc2ccccc2)Sc2ccccc21)NCCN1CCC(Cc2ccccc2)CC1. The highest BCUT2D eigenvalue weighted by atomic mass is 32.2. The molecule has 0 spiro atoms. The van der Waals surface area contributed by atoms with Crippen molar-refractivity contribution in [3.63, 3.8) is 0 Å². The molecule has 1 saturated heterocycles. The molecular weight excluding hydrogens is 478 g/mol. The second-order valence-electron chi connectivity index (χ2n) is 9.71. The van der Waals surface area contributed by atoms with Crippen LogP contribution < -0.4 is 10.2 Å². The van der Waals surface area contributed by atoms with Crippen molar-refractivity contribution >= 4 is 35.3 Å². The van der Waals surface area contributed by atoms with Gasteiger partial charge in [-0.25, -0.2) is 0 Å². The van der Waals surface area contributed by atoms with E-state index in [4.69, 9.17) is 0 Å². The molecule has 6 heteroatoms. The molecule has 0 aromatic heterocycles. The van der Waals surface area contributed by atoms with Crippen molar-refractivity contribution in [3.8, 4) is 0 Å². The van der Waals surface area contributed by atoms with Gasteiger partial charge in [0, 0.05) is 18.0 Å². The van der Waals surface area contributed by atoms with Crippen molar-refractivity contribution in [3.05, 3.63) is 101 Å². The Hall–Kier alpha value is -3.35. The van der Waals surface area contributed by atoms with Gasteiger partial charge in [-0.05, 0) is 67.6 Å².